The predicted molar refractivity (Wildman–Crippen MR) is 70.1 cm³/mol. The Morgan fingerprint density at radius 1 is 1.29 bits per heavy atom. The highest BCUT2D eigenvalue weighted by molar-refractivity contribution is 5.81. The summed E-state index contributed by atoms with van der Waals surface area (Å²) in [5.74, 6) is 1.17. The third-order valence-corrected chi connectivity index (χ3v) is 3.45. The lowest BCUT2D eigenvalue weighted by Crippen LogP contribution is -2.28. The fourth-order valence-electron chi connectivity index (χ4n) is 2.61. The number of rotatable bonds is 0. The van der Waals surface area contributed by atoms with Crippen molar-refractivity contribution in [2.75, 3.05) is 6.54 Å². The van der Waals surface area contributed by atoms with Crippen LogP contribution in [0.5, 0.6) is 0 Å². The van der Waals surface area contributed by atoms with Gasteiger partial charge in [-0.2, -0.15) is 0 Å². The topological polar surface area (TPSA) is 29.9 Å². The highest BCUT2D eigenvalue weighted by Gasteiger charge is 2.22. The van der Waals surface area contributed by atoms with Crippen molar-refractivity contribution < 1.29 is 0 Å². The van der Waals surface area contributed by atoms with E-state index in [0.717, 1.165) is 25.2 Å². The Balaban J connectivity index is 2.33. The Bertz CT molecular complexity index is 561. The van der Waals surface area contributed by atoms with Crippen LogP contribution in [0, 0.1) is 0 Å². The molecule has 3 rings (SSSR count). The largest absolute Gasteiger partial charge is 0.325 e. The summed E-state index contributed by atoms with van der Waals surface area (Å²) in [7, 11) is 0. The SMILES string of the molecule is CC(C)(C)c1cccc2nc3n(c12)CCNC3. The van der Waals surface area contributed by atoms with E-state index in [2.05, 4.69) is 48.9 Å². The van der Waals surface area contributed by atoms with Crippen LogP contribution in [0.1, 0.15) is 32.2 Å². The second-order valence-corrected chi connectivity index (χ2v) is 5.78. The Labute approximate surface area is 102 Å². The number of hydrogen-bond acceptors (Lipinski definition) is 2. The number of fused-ring (bicyclic) bond motifs is 3. The molecule has 0 bridgehead atoms. The third-order valence-electron chi connectivity index (χ3n) is 3.45. The summed E-state index contributed by atoms with van der Waals surface area (Å²) in [6.07, 6.45) is 0. The molecule has 90 valence electrons. The Morgan fingerprint density at radius 3 is 2.88 bits per heavy atom. The van der Waals surface area contributed by atoms with E-state index in [9.17, 15) is 0 Å². The molecule has 0 fully saturated rings. The standard InChI is InChI=1S/C14H19N3/c1-14(2,3)10-5-4-6-11-13(10)17-8-7-15-9-12(17)16-11/h4-6,15H,7-9H2,1-3H3. The number of para-hydroxylation sites is 1. The Morgan fingerprint density at radius 2 is 2.12 bits per heavy atom. The minimum atomic E-state index is 0.168. The molecule has 1 aromatic heterocycles. The maximum atomic E-state index is 4.73. The molecule has 0 radical (unpaired) electrons. The Hall–Kier alpha value is -1.35. The van der Waals surface area contributed by atoms with Crippen LogP contribution < -0.4 is 5.32 Å². The van der Waals surface area contributed by atoms with E-state index < -0.39 is 0 Å². The molecule has 0 aliphatic carbocycles. The van der Waals surface area contributed by atoms with Gasteiger partial charge < -0.3 is 9.88 Å². The molecule has 1 aliphatic heterocycles. The van der Waals surface area contributed by atoms with Gasteiger partial charge in [0.05, 0.1) is 17.6 Å². The predicted octanol–water partition coefficient (Wildman–Crippen LogP) is 2.44. The summed E-state index contributed by atoms with van der Waals surface area (Å²) in [4.78, 5) is 4.73. The van der Waals surface area contributed by atoms with Crippen LogP contribution in [-0.2, 0) is 18.5 Å². The van der Waals surface area contributed by atoms with E-state index in [1.165, 1.54) is 16.9 Å². The fourth-order valence-corrected chi connectivity index (χ4v) is 2.61. The molecule has 2 aromatic rings. The van der Waals surface area contributed by atoms with Gasteiger partial charge >= 0.3 is 0 Å². The van der Waals surface area contributed by atoms with Gasteiger partial charge in [0.25, 0.3) is 0 Å². The lowest BCUT2D eigenvalue weighted by atomic mass is 9.86. The van der Waals surface area contributed by atoms with Crippen LogP contribution in [-0.4, -0.2) is 16.1 Å². The molecule has 0 spiro atoms. The molecule has 0 unspecified atom stereocenters. The van der Waals surface area contributed by atoms with Crippen molar-refractivity contribution in [2.45, 2.75) is 39.3 Å². The number of aromatic nitrogens is 2. The number of imidazole rings is 1. The second-order valence-electron chi connectivity index (χ2n) is 5.78. The van der Waals surface area contributed by atoms with Gasteiger partial charge in [0, 0.05) is 13.1 Å². The summed E-state index contributed by atoms with van der Waals surface area (Å²) < 4.78 is 2.38. The number of nitrogens with zero attached hydrogens (tertiary/aromatic N) is 2. The highest BCUT2D eigenvalue weighted by Crippen LogP contribution is 2.31. The van der Waals surface area contributed by atoms with Crippen LogP contribution in [0.2, 0.25) is 0 Å². The molecule has 0 saturated heterocycles. The van der Waals surface area contributed by atoms with E-state index >= 15 is 0 Å². The van der Waals surface area contributed by atoms with Gasteiger partial charge in [0.2, 0.25) is 0 Å². The first kappa shape index (κ1) is 10.8. The van der Waals surface area contributed by atoms with Crippen LogP contribution in [0.3, 0.4) is 0 Å². The van der Waals surface area contributed by atoms with Crippen LogP contribution in [0.4, 0.5) is 0 Å². The zero-order chi connectivity index (χ0) is 12.0. The molecule has 0 atom stereocenters. The lowest BCUT2D eigenvalue weighted by Gasteiger charge is -2.23. The molecule has 1 aromatic carbocycles. The second kappa shape index (κ2) is 3.57. The van der Waals surface area contributed by atoms with Gasteiger partial charge in [-0.3, -0.25) is 0 Å². The minimum Gasteiger partial charge on any atom is -0.325 e. The highest BCUT2D eigenvalue weighted by atomic mass is 15.2. The maximum Gasteiger partial charge on any atom is 0.123 e. The fraction of sp³-hybridized carbons (Fsp3) is 0.500. The number of hydrogen-bond donors (Lipinski definition) is 1. The normalized spacial score (nSPS) is 16.2. The summed E-state index contributed by atoms with van der Waals surface area (Å²) in [6.45, 7) is 9.75. The molecule has 3 heteroatoms. The smallest absolute Gasteiger partial charge is 0.123 e. The molecule has 1 aliphatic rings. The van der Waals surface area contributed by atoms with Crippen molar-refractivity contribution in [2.24, 2.45) is 0 Å². The average Bonchev–Trinajstić information content (AvgIpc) is 2.65. The molecule has 3 nitrogen and oxygen atoms in total. The number of nitrogens with one attached hydrogen (secondary N) is 1. The van der Waals surface area contributed by atoms with Crippen molar-refractivity contribution in [1.29, 1.82) is 0 Å². The van der Waals surface area contributed by atoms with Crippen LogP contribution in [0.25, 0.3) is 11.0 Å². The molecule has 2 heterocycles. The molecule has 1 N–H and O–H groups in total. The first-order valence-corrected chi connectivity index (χ1v) is 6.27. The van der Waals surface area contributed by atoms with Crippen molar-refractivity contribution in [3.05, 3.63) is 29.6 Å². The molecule has 0 amide bonds. The lowest BCUT2D eigenvalue weighted by molar-refractivity contribution is 0.510. The van der Waals surface area contributed by atoms with Crippen LogP contribution in [0.15, 0.2) is 18.2 Å². The van der Waals surface area contributed by atoms with E-state index in [1.54, 1.807) is 0 Å². The molecular weight excluding hydrogens is 210 g/mol. The molecule has 0 saturated carbocycles. The Kier molecular flexibility index (Phi) is 2.26. The van der Waals surface area contributed by atoms with Gasteiger partial charge in [0.1, 0.15) is 5.82 Å². The van der Waals surface area contributed by atoms with E-state index in [1.807, 2.05) is 0 Å². The van der Waals surface area contributed by atoms with Gasteiger partial charge in [-0.15, -0.1) is 0 Å². The van der Waals surface area contributed by atoms with Gasteiger partial charge in [-0.25, -0.2) is 4.98 Å². The molecule has 17 heavy (non-hydrogen) atoms. The first-order chi connectivity index (χ1) is 8.07. The average molecular weight is 229 g/mol. The summed E-state index contributed by atoms with van der Waals surface area (Å²) in [5.41, 5.74) is 4.03. The van der Waals surface area contributed by atoms with Gasteiger partial charge in [-0.1, -0.05) is 32.9 Å². The van der Waals surface area contributed by atoms with Crippen molar-refractivity contribution in [3.63, 3.8) is 0 Å². The zero-order valence-electron chi connectivity index (χ0n) is 10.7. The minimum absolute atomic E-state index is 0.168. The van der Waals surface area contributed by atoms with E-state index in [-0.39, 0.29) is 5.41 Å². The monoisotopic (exact) mass is 229 g/mol. The maximum absolute atomic E-state index is 4.73. The van der Waals surface area contributed by atoms with Gasteiger partial charge in [0.15, 0.2) is 0 Å². The van der Waals surface area contributed by atoms with E-state index in [4.69, 9.17) is 4.98 Å². The third kappa shape index (κ3) is 1.65. The van der Waals surface area contributed by atoms with Crippen LogP contribution >= 0.6 is 0 Å². The first-order valence-electron chi connectivity index (χ1n) is 6.27. The summed E-state index contributed by atoms with van der Waals surface area (Å²) in [5, 5.41) is 3.38. The summed E-state index contributed by atoms with van der Waals surface area (Å²) in [6, 6.07) is 6.48. The number of benzene rings is 1. The van der Waals surface area contributed by atoms with Crippen molar-refractivity contribution in [3.8, 4) is 0 Å². The molecular formula is C14H19N3. The zero-order valence-corrected chi connectivity index (χ0v) is 10.7. The van der Waals surface area contributed by atoms with Gasteiger partial charge in [-0.05, 0) is 17.0 Å². The summed E-state index contributed by atoms with van der Waals surface area (Å²) >= 11 is 0. The van der Waals surface area contributed by atoms with E-state index in [0.29, 0.717) is 0 Å². The quantitative estimate of drug-likeness (QED) is 0.752. The van der Waals surface area contributed by atoms with Crippen molar-refractivity contribution >= 4 is 11.0 Å². The van der Waals surface area contributed by atoms with Crippen molar-refractivity contribution in [1.82, 2.24) is 14.9 Å².